The number of fused-ring (bicyclic) bond motifs is 1. The van der Waals surface area contributed by atoms with Crippen LogP contribution in [0.3, 0.4) is 0 Å². The van der Waals surface area contributed by atoms with Crippen molar-refractivity contribution in [1.29, 1.82) is 0 Å². The van der Waals surface area contributed by atoms with Crippen LogP contribution < -0.4 is 0 Å². The number of para-hydroxylation sites is 1. The van der Waals surface area contributed by atoms with Gasteiger partial charge in [0.15, 0.2) is 0 Å². The standard InChI is InChI=1S/C16H17BrN4OS/c17-15-14(23-10-18-15)16(22)5-7-21(8-6-16)9-13-11-3-1-2-4-12(11)19-20-13/h1-4,10,22H,5-9H2,(H,19,20). The summed E-state index contributed by atoms with van der Waals surface area (Å²) in [5.41, 5.74) is 3.17. The number of halogens is 1. The Morgan fingerprint density at radius 2 is 2.09 bits per heavy atom. The number of aliphatic hydroxyl groups is 1. The van der Waals surface area contributed by atoms with Crippen molar-refractivity contribution in [2.24, 2.45) is 0 Å². The number of rotatable bonds is 3. The highest BCUT2D eigenvalue weighted by molar-refractivity contribution is 9.10. The van der Waals surface area contributed by atoms with E-state index in [9.17, 15) is 5.11 Å². The number of benzene rings is 1. The van der Waals surface area contributed by atoms with Gasteiger partial charge in [-0.25, -0.2) is 4.98 Å². The molecule has 5 nitrogen and oxygen atoms in total. The molecular weight excluding hydrogens is 376 g/mol. The summed E-state index contributed by atoms with van der Waals surface area (Å²) < 4.78 is 0.776. The topological polar surface area (TPSA) is 65.0 Å². The first kappa shape index (κ1) is 15.3. The van der Waals surface area contributed by atoms with E-state index in [0.29, 0.717) is 0 Å². The Morgan fingerprint density at radius 3 is 2.83 bits per heavy atom. The highest BCUT2D eigenvalue weighted by atomic mass is 79.9. The molecule has 0 amide bonds. The molecule has 2 aromatic heterocycles. The zero-order chi connectivity index (χ0) is 15.9. The van der Waals surface area contributed by atoms with Gasteiger partial charge in [-0.15, -0.1) is 11.3 Å². The van der Waals surface area contributed by atoms with E-state index in [1.54, 1.807) is 5.51 Å². The maximum atomic E-state index is 10.9. The molecule has 120 valence electrons. The number of aromatic nitrogens is 3. The number of hydrogen-bond acceptors (Lipinski definition) is 5. The van der Waals surface area contributed by atoms with Crippen molar-refractivity contribution in [3.05, 3.63) is 45.0 Å². The number of piperidine rings is 1. The Balaban J connectivity index is 1.47. The van der Waals surface area contributed by atoms with Gasteiger partial charge in [0, 0.05) is 25.0 Å². The van der Waals surface area contributed by atoms with Gasteiger partial charge in [-0.3, -0.25) is 10.00 Å². The van der Waals surface area contributed by atoms with Crippen LogP contribution >= 0.6 is 27.3 Å². The van der Waals surface area contributed by atoms with Gasteiger partial charge in [-0.2, -0.15) is 5.10 Å². The summed E-state index contributed by atoms with van der Waals surface area (Å²) >= 11 is 4.96. The van der Waals surface area contributed by atoms with Crippen LogP contribution in [0.4, 0.5) is 0 Å². The molecule has 1 aliphatic heterocycles. The van der Waals surface area contributed by atoms with Gasteiger partial charge in [0.1, 0.15) is 10.2 Å². The minimum atomic E-state index is -0.757. The highest BCUT2D eigenvalue weighted by Crippen LogP contribution is 2.39. The first-order valence-electron chi connectivity index (χ1n) is 7.62. The second-order valence-corrected chi connectivity index (χ2v) is 7.61. The van der Waals surface area contributed by atoms with Gasteiger partial charge in [-0.1, -0.05) is 18.2 Å². The predicted molar refractivity (Wildman–Crippen MR) is 94.3 cm³/mol. The van der Waals surface area contributed by atoms with E-state index in [4.69, 9.17) is 0 Å². The molecule has 2 N–H and O–H groups in total. The number of aromatic amines is 1. The van der Waals surface area contributed by atoms with E-state index in [-0.39, 0.29) is 0 Å². The third-order valence-corrected chi connectivity index (χ3v) is 6.44. The van der Waals surface area contributed by atoms with Crippen LogP contribution in [0.1, 0.15) is 23.4 Å². The van der Waals surface area contributed by atoms with Crippen molar-refractivity contribution in [3.8, 4) is 0 Å². The van der Waals surface area contributed by atoms with E-state index in [2.05, 4.69) is 42.1 Å². The number of nitrogens with one attached hydrogen (secondary N) is 1. The number of thiazole rings is 1. The van der Waals surface area contributed by atoms with Crippen LogP contribution in [-0.4, -0.2) is 38.3 Å². The van der Waals surface area contributed by atoms with Gasteiger partial charge in [-0.05, 0) is 34.8 Å². The van der Waals surface area contributed by atoms with Gasteiger partial charge in [0.25, 0.3) is 0 Å². The first-order valence-corrected chi connectivity index (χ1v) is 9.29. The Bertz CT molecular complexity index is 822. The zero-order valence-electron chi connectivity index (χ0n) is 12.5. The van der Waals surface area contributed by atoms with E-state index in [0.717, 1.165) is 53.2 Å². The fourth-order valence-electron chi connectivity index (χ4n) is 3.20. The summed E-state index contributed by atoms with van der Waals surface area (Å²) in [5, 5.41) is 19.6. The Hall–Kier alpha value is -1.28. The minimum absolute atomic E-state index is 0.722. The maximum Gasteiger partial charge on any atom is 0.123 e. The molecule has 1 saturated heterocycles. The molecule has 7 heteroatoms. The minimum Gasteiger partial charge on any atom is -0.384 e. The lowest BCUT2D eigenvalue weighted by Crippen LogP contribution is -2.42. The molecule has 1 aromatic carbocycles. The summed E-state index contributed by atoms with van der Waals surface area (Å²) in [7, 11) is 0. The molecule has 0 unspecified atom stereocenters. The van der Waals surface area contributed by atoms with Crippen LogP contribution in [0.2, 0.25) is 0 Å². The fraction of sp³-hybridized carbons (Fsp3) is 0.375. The Labute approximate surface area is 146 Å². The maximum absolute atomic E-state index is 10.9. The lowest BCUT2D eigenvalue weighted by atomic mass is 9.90. The van der Waals surface area contributed by atoms with E-state index in [1.807, 2.05) is 18.2 Å². The van der Waals surface area contributed by atoms with Gasteiger partial charge in [0.05, 0.1) is 21.6 Å². The number of H-pyrrole nitrogens is 1. The van der Waals surface area contributed by atoms with E-state index in [1.165, 1.54) is 16.7 Å². The van der Waals surface area contributed by atoms with Crippen molar-refractivity contribution in [2.45, 2.75) is 25.0 Å². The summed E-state index contributed by atoms with van der Waals surface area (Å²) in [6.07, 6.45) is 1.44. The molecule has 0 aliphatic carbocycles. The lowest BCUT2D eigenvalue weighted by molar-refractivity contribution is -0.0256. The normalized spacial score (nSPS) is 18.5. The van der Waals surface area contributed by atoms with Crippen LogP contribution in [0.25, 0.3) is 10.9 Å². The van der Waals surface area contributed by atoms with Gasteiger partial charge in [0.2, 0.25) is 0 Å². The fourth-order valence-corrected chi connectivity index (χ4v) is 4.93. The summed E-state index contributed by atoms with van der Waals surface area (Å²) in [6.45, 7) is 2.54. The van der Waals surface area contributed by atoms with Crippen molar-refractivity contribution in [3.63, 3.8) is 0 Å². The third-order valence-electron chi connectivity index (χ3n) is 4.55. The average Bonchev–Trinajstić information content (AvgIpc) is 3.17. The average molecular weight is 393 g/mol. The van der Waals surface area contributed by atoms with Gasteiger partial charge >= 0.3 is 0 Å². The number of nitrogens with zero attached hydrogens (tertiary/aromatic N) is 3. The predicted octanol–water partition coefficient (Wildman–Crippen LogP) is 3.27. The van der Waals surface area contributed by atoms with Crippen LogP contribution in [0.15, 0.2) is 34.4 Å². The Kier molecular flexibility index (Phi) is 3.96. The van der Waals surface area contributed by atoms with Crippen LogP contribution in [-0.2, 0) is 12.1 Å². The van der Waals surface area contributed by atoms with Crippen LogP contribution in [0.5, 0.6) is 0 Å². The second-order valence-electron chi connectivity index (χ2n) is 6.00. The third kappa shape index (κ3) is 2.82. The molecular formula is C16H17BrN4OS. The Morgan fingerprint density at radius 1 is 1.30 bits per heavy atom. The largest absolute Gasteiger partial charge is 0.384 e. The van der Waals surface area contributed by atoms with Gasteiger partial charge < -0.3 is 5.11 Å². The molecule has 1 aliphatic rings. The van der Waals surface area contributed by atoms with Crippen molar-refractivity contribution < 1.29 is 5.11 Å². The summed E-state index contributed by atoms with van der Waals surface area (Å²) in [6, 6.07) is 8.16. The highest BCUT2D eigenvalue weighted by Gasteiger charge is 2.37. The van der Waals surface area contributed by atoms with Crippen LogP contribution in [0, 0.1) is 0 Å². The molecule has 1 fully saturated rings. The first-order chi connectivity index (χ1) is 11.2. The molecule has 0 radical (unpaired) electrons. The number of hydrogen-bond donors (Lipinski definition) is 2. The van der Waals surface area contributed by atoms with E-state index < -0.39 is 5.60 Å². The molecule has 4 rings (SSSR count). The molecule has 3 heterocycles. The molecule has 0 atom stereocenters. The SMILES string of the molecule is OC1(c2scnc2Br)CCN(Cc2[nH]nc3ccccc23)CC1. The molecule has 0 spiro atoms. The smallest absolute Gasteiger partial charge is 0.123 e. The van der Waals surface area contributed by atoms with Crippen molar-refractivity contribution in [2.75, 3.05) is 13.1 Å². The van der Waals surface area contributed by atoms with Crippen molar-refractivity contribution >= 4 is 38.2 Å². The summed E-state index contributed by atoms with van der Waals surface area (Å²) in [4.78, 5) is 7.51. The number of likely N-dealkylation sites (tertiary alicyclic amines) is 1. The zero-order valence-corrected chi connectivity index (χ0v) is 14.9. The van der Waals surface area contributed by atoms with E-state index >= 15 is 0 Å². The quantitative estimate of drug-likeness (QED) is 0.717. The lowest BCUT2D eigenvalue weighted by Gasteiger charge is -2.37. The molecule has 3 aromatic rings. The second kappa shape index (κ2) is 5.98. The molecule has 23 heavy (non-hydrogen) atoms. The molecule has 0 saturated carbocycles. The molecule has 0 bridgehead atoms. The monoisotopic (exact) mass is 392 g/mol. The van der Waals surface area contributed by atoms with Crippen molar-refractivity contribution in [1.82, 2.24) is 20.1 Å². The summed E-state index contributed by atoms with van der Waals surface area (Å²) in [5.74, 6) is 0.